The van der Waals surface area contributed by atoms with E-state index >= 15 is 0 Å². The van der Waals surface area contributed by atoms with Gasteiger partial charge >= 0.3 is 6.03 Å². The van der Waals surface area contributed by atoms with Crippen LogP contribution in [0, 0.1) is 0 Å². The largest absolute Gasteiger partial charge is 0.350 e. The van der Waals surface area contributed by atoms with E-state index in [1.165, 1.54) is 0 Å². The van der Waals surface area contributed by atoms with Gasteiger partial charge in [-0.2, -0.15) is 0 Å². The van der Waals surface area contributed by atoms with Crippen molar-refractivity contribution < 1.29 is 9.59 Å². The van der Waals surface area contributed by atoms with E-state index in [0.29, 0.717) is 18.7 Å². The molecule has 1 aromatic rings. The zero-order valence-corrected chi connectivity index (χ0v) is 15.5. The van der Waals surface area contributed by atoms with Crippen molar-refractivity contribution in [3.63, 3.8) is 0 Å². The second-order valence-corrected chi connectivity index (χ2v) is 6.48. The number of nitrogens with zero attached hydrogens (tertiary/aromatic N) is 2. The van der Waals surface area contributed by atoms with E-state index in [1.807, 2.05) is 19.1 Å². The van der Waals surface area contributed by atoms with Crippen molar-refractivity contribution in [2.75, 3.05) is 37.6 Å². The Hall–Kier alpha value is -2.08. The maximum absolute atomic E-state index is 12.5. The molecule has 1 atom stereocenters. The molecule has 2 N–H and O–H groups in total. The topological polar surface area (TPSA) is 64.7 Å². The highest BCUT2D eigenvalue weighted by Crippen LogP contribution is 2.18. The van der Waals surface area contributed by atoms with Crippen LogP contribution in [0.1, 0.15) is 44.0 Å². The van der Waals surface area contributed by atoms with Crippen LogP contribution < -0.4 is 15.5 Å². The van der Waals surface area contributed by atoms with Gasteiger partial charge in [-0.05, 0) is 57.6 Å². The number of carbonyl (C=O) groups is 2. The lowest BCUT2D eigenvalue weighted by Gasteiger charge is -2.20. The van der Waals surface area contributed by atoms with Crippen LogP contribution in [-0.2, 0) is 0 Å². The molecule has 1 aliphatic heterocycles. The van der Waals surface area contributed by atoms with Crippen LogP contribution in [0.4, 0.5) is 10.5 Å². The number of nitrogens with one attached hydrogen (secondary N) is 2. The highest BCUT2D eigenvalue weighted by molar-refractivity contribution is 5.98. The van der Waals surface area contributed by atoms with E-state index in [2.05, 4.69) is 29.4 Å². The molecule has 0 radical (unpaired) electrons. The van der Waals surface area contributed by atoms with E-state index in [9.17, 15) is 9.59 Å². The molecular weight excluding hydrogens is 316 g/mol. The third-order valence-corrected chi connectivity index (χ3v) is 4.66. The molecule has 0 aliphatic carbocycles. The third-order valence-electron chi connectivity index (χ3n) is 4.66. The molecule has 1 fully saturated rings. The number of anilines is 1. The SMILES string of the molecule is CCN(CC)CCCC(C)NC(=O)c1cccc(N2CCNC2=O)c1. The van der Waals surface area contributed by atoms with Crippen LogP contribution >= 0.6 is 0 Å². The zero-order valence-electron chi connectivity index (χ0n) is 15.5. The summed E-state index contributed by atoms with van der Waals surface area (Å²) in [5.41, 5.74) is 1.35. The lowest BCUT2D eigenvalue weighted by Crippen LogP contribution is -2.34. The molecule has 1 saturated heterocycles. The Morgan fingerprint density at radius 2 is 2.12 bits per heavy atom. The molecule has 0 saturated carbocycles. The summed E-state index contributed by atoms with van der Waals surface area (Å²) in [6, 6.07) is 7.26. The molecule has 25 heavy (non-hydrogen) atoms. The fourth-order valence-electron chi connectivity index (χ4n) is 3.07. The highest BCUT2D eigenvalue weighted by Gasteiger charge is 2.22. The number of hydrogen-bond donors (Lipinski definition) is 2. The third kappa shape index (κ3) is 5.46. The van der Waals surface area contributed by atoms with Crippen LogP contribution in [0.3, 0.4) is 0 Å². The van der Waals surface area contributed by atoms with Gasteiger partial charge in [0.25, 0.3) is 5.91 Å². The smallest absolute Gasteiger partial charge is 0.321 e. The minimum absolute atomic E-state index is 0.0863. The molecule has 1 aliphatic rings. The number of carbonyl (C=O) groups excluding carboxylic acids is 2. The van der Waals surface area contributed by atoms with Crippen molar-refractivity contribution >= 4 is 17.6 Å². The second kappa shape index (κ2) is 9.42. The summed E-state index contributed by atoms with van der Waals surface area (Å²) in [7, 11) is 0. The maximum Gasteiger partial charge on any atom is 0.321 e. The number of hydrogen-bond acceptors (Lipinski definition) is 3. The maximum atomic E-state index is 12.5. The average molecular weight is 346 g/mol. The van der Waals surface area contributed by atoms with Crippen LogP contribution in [-0.4, -0.2) is 55.6 Å². The molecule has 6 nitrogen and oxygen atoms in total. The van der Waals surface area contributed by atoms with Crippen LogP contribution in [0.25, 0.3) is 0 Å². The van der Waals surface area contributed by atoms with E-state index in [-0.39, 0.29) is 18.0 Å². The minimum atomic E-state index is -0.109. The first-order chi connectivity index (χ1) is 12.0. The number of benzene rings is 1. The summed E-state index contributed by atoms with van der Waals surface area (Å²) >= 11 is 0. The molecule has 1 unspecified atom stereocenters. The normalized spacial score (nSPS) is 15.4. The molecule has 1 aromatic carbocycles. The number of rotatable bonds is 9. The first kappa shape index (κ1) is 19.2. The first-order valence-corrected chi connectivity index (χ1v) is 9.23. The quantitative estimate of drug-likeness (QED) is 0.722. The Labute approximate surface area is 150 Å². The van der Waals surface area contributed by atoms with Gasteiger partial charge < -0.3 is 15.5 Å². The Balaban J connectivity index is 1.87. The summed E-state index contributed by atoms with van der Waals surface area (Å²) in [5.74, 6) is -0.0863. The van der Waals surface area contributed by atoms with Crippen molar-refractivity contribution in [2.45, 2.75) is 39.7 Å². The Bertz CT molecular complexity index is 587. The summed E-state index contributed by atoms with van der Waals surface area (Å²) < 4.78 is 0. The molecule has 3 amide bonds. The van der Waals surface area contributed by atoms with Crippen LogP contribution in [0.15, 0.2) is 24.3 Å². The van der Waals surface area contributed by atoms with Gasteiger partial charge in [-0.1, -0.05) is 19.9 Å². The first-order valence-electron chi connectivity index (χ1n) is 9.23. The molecule has 6 heteroatoms. The molecule has 1 heterocycles. The molecular formula is C19H30N4O2. The summed E-state index contributed by atoms with van der Waals surface area (Å²) in [4.78, 5) is 28.3. The zero-order chi connectivity index (χ0) is 18.2. The lowest BCUT2D eigenvalue weighted by atomic mass is 10.1. The lowest BCUT2D eigenvalue weighted by molar-refractivity contribution is 0.0937. The van der Waals surface area contributed by atoms with E-state index < -0.39 is 0 Å². The fourth-order valence-corrected chi connectivity index (χ4v) is 3.07. The summed E-state index contributed by atoms with van der Waals surface area (Å²) in [6.45, 7) is 10.8. The molecule has 138 valence electrons. The number of amides is 3. The Kier molecular flexibility index (Phi) is 7.25. The van der Waals surface area contributed by atoms with Gasteiger partial charge in [0.15, 0.2) is 0 Å². The molecule has 0 spiro atoms. The summed E-state index contributed by atoms with van der Waals surface area (Å²) in [5, 5.41) is 5.83. The predicted molar refractivity (Wildman–Crippen MR) is 101 cm³/mol. The average Bonchev–Trinajstić information content (AvgIpc) is 3.05. The minimum Gasteiger partial charge on any atom is -0.350 e. The fraction of sp³-hybridized carbons (Fsp3) is 0.579. The van der Waals surface area contributed by atoms with E-state index in [4.69, 9.17) is 0 Å². The molecule has 0 bridgehead atoms. The van der Waals surface area contributed by atoms with Crippen molar-refractivity contribution in [1.82, 2.24) is 15.5 Å². The van der Waals surface area contributed by atoms with Gasteiger partial charge in [0.1, 0.15) is 0 Å². The second-order valence-electron chi connectivity index (χ2n) is 6.48. The van der Waals surface area contributed by atoms with E-state index in [0.717, 1.165) is 38.2 Å². The van der Waals surface area contributed by atoms with Crippen molar-refractivity contribution in [3.8, 4) is 0 Å². The van der Waals surface area contributed by atoms with Gasteiger partial charge in [-0.25, -0.2) is 4.79 Å². The van der Waals surface area contributed by atoms with E-state index in [1.54, 1.807) is 17.0 Å². The van der Waals surface area contributed by atoms with Gasteiger partial charge in [-0.3, -0.25) is 9.69 Å². The highest BCUT2D eigenvalue weighted by atomic mass is 16.2. The summed E-state index contributed by atoms with van der Waals surface area (Å²) in [6.07, 6.45) is 2.02. The molecule has 0 aromatic heterocycles. The van der Waals surface area contributed by atoms with Gasteiger partial charge in [0.2, 0.25) is 0 Å². The monoisotopic (exact) mass is 346 g/mol. The van der Waals surface area contributed by atoms with Gasteiger partial charge in [0.05, 0.1) is 0 Å². The Morgan fingerprint density at radius 3 is 2.76 bits per heavy atom. The van der Waals surface area contributed by atoms with Crippen LogP contribution in [0.2, 0.25) is 0 Å². The predicted octanol–water partition coefficient (Wildman–Crippen LogP) is 2.46. The van der Waals surface area contributed by atoms with Crippen molar-refractivity contribution in [1.29, 1.82) is 0 Å². The standard InChI is InChI=1S/C19H30N4O2/c1-4-22(5-2)12-7-8-15(3)21-18(24)16-9-6-10-17(14-16)23-13-11-20-19(23)25/h6,9-10,14-15H,4-5,7-8,11-13H2,1-3H3,(H,20,25)(H,21,24). The van der Waals surface area contributed by atoms with Gasteiger partial charge in [-0.15, -0.1) is 0 Å². The van der Waals surface area contributed by atoms with Gasteiger partial charge in [0, 0.05) is 30.4 Å². The Morgan fingerprint density at radius 1 is 1.36 bits per heavy atom. The molecule has 2 rings (SSSR count). The number of urea groups is 1. The van der Waals surface area contributed by atoms with Crippen molar-refractivity contribution in [2.24, 2.45) is 0 Å². The van der Waals surface area contributed by atoms with Crippen molar-refractivity contribution in [3.05, 3.63) is 29.8 Å². The van der Waals surface area contributed by atoms with Crippen LogP contribution in [0.5, 0.6) is 0 Å².